The first-order valence-corrected chi connectivity index (χ1v) is 4.36. The van der Waals surface area contributed by atoms with E-state index in [-0.39, 0.29) is 6.42 Å². The zero-order valence-electron chi connectivity index (χ0n) is 7.91. The lowest BCUT2D eigenvalue weighted by Crippen LogP contribution is -2.25. The Bertz CT molecular complexity index is 168. The minimum absolute atomic E-state index is 0.227. The molecule has 0 heterocycles. The second-order valence-corrected chi connectivity index (χ2v) is 2.83. The molecule has 0 fully saturated rings. The number of carboxylic acids is 1. The van der Waals surface area contributed by atoms with Crippen molar-refractivity contribution < 1.29 is 9.90 Å². The maximum Gasteiger partial charge on any atom is 0.303 e. The molecular formula is C10H17NO2. The molecule has 0 spiro atoms. The maximum absolute atomic E-state index is 10.2. The Hall–Kier alpha value is -1.09. The number of rotatable bonds is 8. The molecule has 0 atom stereocenters. The summed E-state index contributed by atoms with van der Waals surface area (Å²) in [7, 11) is 0. The minimum Gasteiger partial charge on any atom is -0.481 e. The molecule has 3 nitrogen and oxygen atoms in total. The van der Waals surface area contributed by atoms with Gasteiger partial charge in [0.25, 0.3) is 0 Å². The van der Waals surface area contributed by atoms with Gasteiger partial charge in [0.2, 0.25) is 0 Å². The Kier molecular flexibility index (Phi) is 6.92. The van der Waals surface area contributed by atoms with Crippen LogP contribution >= 0.6 is 0 Å². The van der Waals surface area contributed by atoms with Crippen LogP contribution in [0.2, 0.25) is 0 Å². The van der Waals surface area contributed by atoms with Gasteiger partial charge in [-0.2, -0.15) is 0 Å². The number of carbonyl (C=O) groups is 1. The SMILES string of the molecule is C=CCN(CC=C)CCCC(=O)O. The number of hydrogen-bond acceptors (Lipinski definition) is 2. The lowest BCUT2D eigenvalue weighted by atomic mass is 10.3. The van der Waals surface area contributed by atoms with E-state index in [4.69, 9.17) is 5.11 Å². The highest BCUT2D eigenvalue weighted by molar-refractivity contribution is 5.66. The van der Waals surface area contributed by atoms with E-state index >= 15 is 0 Å². The molecule has 0 aliphatic heterocycles. The quantitative estimate of drug-likeness (QED) is 0.580. The molecular weight excluding hydrogens is 166 g/mol. The van der Waals surface area contributed by atoms with Gasteiger partial charge in [0, 0.05) is 19.5 Å². The van der Waals surface area contributed by atoms with Gasteiger partial charge >= 0.3 is 5.97 Å². The summed E-state index contributed by atoms with van der Waals surface area (Å²) in [5.74, 6) is -0.739. The third-order valence-corrected chi connectivity index (χ3v) is 1.64. The van der Waals surface area contributed by atoms with Crippen LogP contribution in [0.25, 0.3) is 0 Å². The molecule has 0 aromatic rings. The Morgan fingerprint density at radius 2 is 1.85 bits per heavy atom. The number of nitrogens with zero attached hydrogens (tertiary/aromatic N) is 1. The highest BCUT2D eigenvalue weighted by Crippen LogP contribution is 1.95. The van der Waals surface area contributed by atoms with Gasteiger partial charge in [0.15, 0.2) is 0 Å². The first-order valence-electron chi connectivity index (χ1n) is 4.36. The summed E-state index contributed by atoms with van der Waals surface area (Å²) in [6, 6.07) is 0. The summed E-state index contributed by atoms with van der Waals surface area (Å²) in [4.78, 5) is 12.3. The van der Waals surface area contributed by atoms with Crippen molar-refractivity contribution in [3.63, 3.8) is 0 Å². The number of carboxylic acid groups (broad SMARTS) is 1. The van der Waals surface area contributed by atoms with Gasteiger partial charge in [-0.15, -0.1) is 13.2 Å². The molecule has 0 saturated carbocycles. The van der Waals surface area contributed by atoms with Gasteiger partial charge in [0.05, 0.1) is 0 Å². The first kappa shape index (κ1) is 11.9. The van der Waals surface area contributed by atoms with Crippen molar-refractivity contribution in [3.8, 4) is 0 Å². The Morgan fingerprint density at radius 3 is 2.23 bits per heavy atom. The van der Waals surface area contributed by atoms with Crippen LogP contribution in [0, 0.1) is 0 Å². The average molecular weight is 183 g/mol. The minimum atomic E-state index is -0.739. The lowest BCUT2D eigenvalue weighted by molar-refractivity contribution is -0.137. The molecule has 3 heteroatoms. The van der Waals surface area contributed by atoms with Gasteiger partial charge in [-0.3, -0.25) is 9.69 Å². The zero-order chi connectivity index (χ0) is 10.1. The Morgan fingerprint density at radius 1 is 1.31 bits per heavy atom. The van der Waals surface area contributed by atoms with E-state index in [1.54, 1.807) is 0 Å². The smallest absolute Gasteiger partial charge is 0.303 e. The van der Waals surface area contributed by atoms with Crippen LogP contribution in [0.3, 0.4) is 0 Å². The maximum atomic E-state index is 10.2. The highest BCUT2D eigenvalue weighted by Gasteiger charge is 2.02. The van der Waals surface area contributed by atoms with Gasteiger partial charge in [0.1, 0.15) is 0 Å². The molecule has 1 N–H and O–H groups in total. The van der Waals surface area contributed by atoms with Gasteiger partial charge < -0.3 is 5.11 Å². The van der Waals surface area contributed by atoms with Crippen molar-refractivity contribution in [3.05, 3.63) is 25.3 Å². The fraction of sp³-hybridized carbons (Fsp3) is 0.500. The fourth-order valence-corrected chi connectivity index (χ4v) is 1.08. The van der Waals surface area contributed by atoms with Crippen LogP contribution in [0.1, 0.15) is 12.8 Å². The molecule has 74 valence electrons. The molecule has 0 aliphatic carbocycles. The summed E-state index contributed by atoms with van der Waals surface area (Å²) < 4.78 is 0. The highest BCUT2D eigenvalue weighted by atomic mass is 16.4. The van der Waals surface area contributed by atoms with Crippen LogP contribution < -0.4 is 0 Å². The Labute approximate surface area is 79.4 Å². The first-order chi connectivity index (χ1) is 6.20. The summed E-state index contributed by atoms with van der Waals surface area (Å²) >= 11 is 0. The van der Waals surface area contributed by atoms with Crippen molar-refractivity contribution in [1.82, 2.24) is 4.90 Å². The summed E-state index contributed by atoms with van der Waals surface area (Å²) in [6.45, 7) is 9.62. The molecule has 0 radical (unpaired) electrons. The van der Waals surface area contributed by atoms with Gasteiger partial charge in [-0.05, 0) is 13.0 Å². The number of aliphatic carboxylic acids is 1. The molecule has 0 unspecified atom stereocenters. The molecule has 0 aliphatic rings. The third kappa shape index (κ3) is 7.28. The summed E-state index contributed by atoms with van der Waals surface area (Å²) in [5.41, 5.74) is 0. The van der Waals surface area contributed by atoms with Crippen LogP contribution in [0.5, 0.6) is 0 Å². The van der Waals surface area contributed by atoms with Crippen molar-refractivity contribution in [1.29, 1.82) is 0 Å². The van der Waals surface area contributed by atoms with Crippen LogP contribution in [-0.4, -0.2) is 35.6 Å². The van der Waals surface area contributed by atoms with Crippen molar-refractivity contribution in [2.75, 3.05) is 19.6 Å². The summed E-state index contributed by atoms with van der Waals surface area (Å²) in [5, 5.41) is 8.43. The fourth-order valence-electron chi connectivity index (χ4n) is 1.08. The van der Waals surface area contributed by atoms with E-state index in [0.717, 1.165) is 19.6 Å². The van der Waals surface area contributed by atoms with E-state index in [1.165, 1.54) is 0 Å². The van der Waals surface area contributed by atoms with Crippen LogP contribution in [0.15, 0.2) is 25.3 Å². The molecule has 0 rings (SSSR count). The van der Waals surface area contributed by atoms with Gasteiger partial charge in [-0.1, -0.05) is 12.2 Å². The predicted octanol–water partition coefficient (Wildman–Crippen LogP) is 1.53. The Balaban J connectivity index is 3.60. The van der Waals surface area contributed by atoms with E-state index in [0.29, 0.717) is 6.42 Å². The molecule has 0 amide bonds. The van der Waals surface area contributed by atoms with E-state index in [2.05, 4.69) is 18.1 Å². The van der Waals surface area contributed by atoms with Crippen molar-refractivity contribution in [2.24, 2.45) is 0 Å². The molecule has 13 heavy (non-hydrogen) atoms. The second kappa shape index (κ2) is 7.55. The molecule has 0 saturated heterocycles. The molecule has 0 aromatic heterocycles. The van der Waals surface area contributed by atoms with Crippen molar-refractivity contribution >= 4 is 5.97 Å². The average Bonchev–Trinajstić information content (AvgIpc) is 2.04. The second-order valence-electron chi connectivity index (χ2n) is 2.83. The van der Waals surface area contributed by atoms with Crippen molar-refractivity contribution in [2.45, 2.75) is 12.8 Å². The predicted molar refractivity (Wildman–Crippen MR) is 53.7 cm³/mol. The zero-order valence-corrected chi connectivity index (χ0v) is 7.91. The normalized spacial score (nSPS) is 9.92. The third-order valence-electron chi connectivity index (χ3n) is 1.64. The molecule has 0 aromatic carbocycles. The largest absolute Gasteiger partial charge is 0.481 e. The topological polar surface area (TPSA) is 40.5 Å². The van der Waals surface area contributed by atoms with E-state index in [1.807, 2.05) is 12.2 Å². The van der Waals surface area contributed by atoms with Gasteiger partial charge in [-0.25, -0.2) is 0 Å². The standard InChI is InChI=1S/C10H17NO2/c1-3-7-11(8-4-2)9-5-6-10(12)13/h3-4H,1-2,5-9H2,(H,12,13). The van der Waals surface area contributed by atoms with E-state index < -0.39 is 5.97 Å². The van der Waals surface area contributed by atoms with Crippen LogP contribution in [-0.2, 0) is 4.79 Å². The summed E-state index contributed by atoms with van der Waals surface area (Å²) in [6.07, 6.45) is 4.52. The van der Waals surface area contributed by atoms with Crippen LogP contribution in [0.4, 0.5) is 0 Å². The number of hydrogen-bond donors (Lipinski definition) is 1. The molecule has 0 bridgehead atoms. The van der Waals surface area contributed by atoms with E-state index in [9.17, 15) is 4.79 Å². The lowest BCUT2D eigenvalue weighted by Gasteiger charge is -2.17. The monoisotopic (exact) mass is 183 g/mol.